The lowest BCUT2D eigenvalue weighted by molar-refractivity contribution is -0.142. The third-order valence-electron chi connectivity index (χ3n) is 2.97. The van der Waals surface area contributed by atoms with Crippen LogP contribution in [0.25, 0.3) is 0 Å². The van der Waals surface area contributed by atoms with Crippen LogP contribution in [0.15, 0.2) is 29.2 Å². The lowest BCUT2D eigenvalue weighted by atomic mass is 10.0. The average molecular weight is 373 g/mol. The molecule has 8 heteroatoms. The van der Waals surface area contributed by atoms with E-state index < -0.39 is 17.9 Å². The van der Waals surface area contributed by atoms with Gasteiger partial charge in [-0.25, -0.2) is 4.79 Å². The second kappa shape index (κ2) is 10.2. The van der Waals surface area contributed by atoms with Crippen LogP contribution in [0.1, 0.15) is 20.3 Å². The number of carbonyl (C=O) groups excluding carboxylic acids is 2. The Labute approximate surface area is 150 Å². The highest BCUT2D eigenvalue weighted by Gasteiger charge is 2.21. The van der Waals surface area contributed by atoms with Gasteiger partial charge in [-0.05, 0) is 36.6 Å². The molecule has 0 radical (unpaired) electrons. The van der Waals surface area contributed by atoms with E-state index in [2.05, 4.69) is 10.6 Å². The molecule has 3 N–H and O–H groups in total. The molecule has 0 aliphatic carbocycles. The number of aliphatic carboxylic acids is 1. The minimum absolute atomic E-state index is 0.136. The van der Waals surface area contributed by atoms with Crippen LogP contribution in [0, 0.1) is 5.92 Å². The molecule has 0 aromatic heterocycles. The molecule has 0 spiro atoms. The summed E-state index contributed by atoms with van der Waals surface area (Å²) in [5.74, 6) is -1.62. The number of nitrogens with one attached hydrogen (secondary N) is 2. The Morgan fingerprint density at radius 3 is 2.33 bits per heavy atom. The van der Waals surface area contributed by atoms with E-state index in [1.165, 1.54) is 11.8 Å². The molecule has 0 aliphatic heterocycles. The summed E-state index contributed by atoms with van der Waals surface area (Å²) in [6.07, 6.45) is 0.335. The summed E-state index contributed by atoms with van der Waals surface area (Å²) in [5.41, 5.74) is 0. The van der Waals surface area contributed by atoms with Crippen LogP contribution >= 0.6 is 23.4 Å². The van der Waals surface area contributed by atoms with Crippen LogP contribution in [-0.2, 0) is 14.4 Å². The smallest absolute Gasteiger partial charge is 0.326 e. The molecule has 2 amide bonds. The van der Waals surface area contributed by atoms with Crippen molar-refractivity contribution in [2.24, 2.45) is 5.92 Å². The van der Waals surface area contributed by atoms with Crippen molar-refractivity contribution in [3.05, 3.63) is 29.3 Å². The van der Waals surface area contributed by atoms with Gasteiger partial charge in [0.15, 0.2) is 0 Å². The fourth-order valence-electron chi connectivity index (χ4n) is 1.85. The van der Waals surface area contributed by atoms with Gasteiger partial charge >= 0.3 is 5.97 Å². The number of carboxylic acids is 1. The standard InChI is InChI=1S/C16H21ClN2O4S/c1-10(2)7-13(16(22)23)19-14(20)8-18-15(21)9-24-12-5-3-11(17)4-6-12/h3-6,10,13H,7-9H2,1-2H3,(H,18,21)(H,19,20)(H,22,23)/t13-/m0/s1. The first-order valence-electron chi connectivity index (χ1n) is 7.45. The van der Waals surface area contributed by atoms with Gasteiger partial charge in [0.1, 0.15) is 6.04 Å². The molecular formula is C16H21ClN2O4S. The van der Waals surface area contributed by atoms with Crippen molar-refractivity contribution in [2.45, 2.75) is 31.2 Å². The number of rotatable bonds is 9. The molecule has 0 bridgehead atoms. The van der Waals surface area contributed by atoms with Gasteiger partial charge in [0, 0.05) is 9.92 Å². The van der Waals surface area contributed by atoms with Crippen LogP contribution in [0.3, 0.4) is 0 Å². The molecule has 0 fully saturated rings. The Morgan fingerprint density at radius 1 is 1.17 bits per heavy atom. The van der Waals surface area contributed by atoms with Crippen LogP contribution in [0.5, 0.6) is 0 Å². The lowest BCUT2D eigenvalue weighted by Gasteiger charge is -2.16. The quantitative estimate of drug-likeness (QED) is 0.577. The van der Waals surface area contributed by atoms with E-state index in [-0.39, 0.29) is 24.1 Å². The van der Waals surface area contributed by atoms with Gasteiger partial charge in [0.2, 0.25) is 11.8 Å². The number of carboxylic acid groups (broad SMARTS) is 1. The van der Waals surface area contributed by atoms with Crippen molar-refractivity contribution >= 4 is 41.1 Å². The molecule has 0 saturated carbocycles. The zero-order valence-electron chi connectivity index (χ0n) is 13.5. The van der Waals surface area contributed by atoms with Gasteiger partial charge in [-0.3, -0.25) is 9.59 Å². The van der Waals surface area contributed by atoms with Crippen molar-refractivity contribution in [3.63, 3.8) is 0 Å². The van der Waals surface area contributed by atoms with Gasteiger partial charge in [0.05, 0.1) is 12.3 Å². The SMILES string of the molecule is CC(C)C[C@H](NC(=O)CNC(=O)CSc1ccc(Cl)cc1)C(=O)O. The van der Waals surface area contributed by atoms with Crippen LogP contribution in [0.4, 0.5) is 0 Å². The summed E-state index contributed by atoms with van der Waals surface area (Å²) in [7, 11) is 0. The molecule has 132 valence electrons. The Kier molecular flexibility index (Phi) is 8.63. The monoisotopic (exact) mass is 372 g/mol. The molecule has 0 heterocycles. The zero-order chi connectivity index (χ0) is 18.1. The Bertz CT molecular complexity index is 578. The molecule has 1 atom stereocenters. The summed E-state index contributed by atoms with van der Waals surface area (Å²) >= 11 is 7.10. The molecule has 24 heavy (non-hydrogen) atoms. The number of carbonyl (C=O) groups is 3. The van der Waals surface area contributed by atoms with E-state index in [0.29, 0.717) is 11.4 Å². The normalized spacial score (nSPS) is 11.8. The number of hydrogen-bond donors (Lipinski definition) is 3. The minimum Gasteiger partial charge on any atom is -0.480 e. The number of halogens is 1. The minimum atomic E-state index is -1.08. The first kappa shape index (κ1) is 20.3. The topological polar surface area (TPSA) is 95.5 Å². The highest BCUT2D eigenvalue weighted by molar-refractivity contribution is 8.00. The van der Waals surface area contributed by atoms with Crippen molar-refractivity contribution in [2.75, 3.05) is 12.3 Å². The van der Waals surface area contributed by atoms with E-state index in [0.717, 1.165) is 4.90 Å². The van der Waals surface area contributed by atoms with Crippen molar-refractivity contribution < 1.29 is 19.5 Å². The Hall–Kier alpha value is -1.73. The van der Waals surface area contributed by atoms with Crippen LogP contribution < -0.4 is 10.6 Å². The summed E-state index contributed by atoms with van der Waals surface area (Å²) < 4.78 is 0. The predicted octanol–water partition coefficient (Wildman–Crippen LogP) is 2.16. The second-order valence-corrected chi connectivity index (χ2v) is 7.09. The molecular weight excluding hydrogens is 352 g/mol. The fourth-order valence-corrected chi connectivity index (χ4v) is 2.70. The zero-order valence-corrected chi connectivity index (χ0v) is 15.1. The first-order chi connectivity index (χ1) is 11.3. The number of benzene rings is 1. The average Bonchev–Trinajstić information content (AvgIpc) is 2.51. The summed E-state index contributed by atoms with van der Waals surface area (Å²) in [5, 5.41) is 14.6. The largest absolute Gasteiger partial charge is 0.480 e. The molecule has 6 nitrogen and oxygen atoms in total. The number of hydrogen-bond acceptors (Lipinski definition) is 4. The maximum Gasteiger partial charge on any atom is 0.326 e. The highest BCUT2D eigenvalue weighted by atomic mass is 35.5. The lowest BCUT2D eigenvalue weighted by Crippen LogP contribution is -2.46. The molecule has 0 aliphatic rings. The third-order valence-corrected chi connectivity index (χ3v) is 4.23. The summed E-state index contributed by atoms with van der Waals surface area (Å²) in [6, 6.07) is 6.12. The molecule has 1 rings (SSSR count). The van der Waals surface area contributed by atoms with Gasteiger partial charge in [0.25, 0.3) is 0 Å². The second-order valence-electron chi connectivity index (χ2n) is 5.61. The maximum atomic E-state index is 11.7. The fraction of sp³-hybridized carbons (Fsp3) is 0.438. The first-order valence-corrected chi connectivity index (χ1v) is 8.81. The van der Waals surface area contributed by atoms with Gasteiger partial charge < -0.3 is 15.7 Å². The van der Waals surface area contributed by atoms with E-state index >= 15 is 0 Å². The number of thioether (sulfide) groups is 1. The van der Waals surface area contributed by atoms with E-state index in [1.807, 2.05) is 13.8 Å². The van der Waals surface area contributed by atoms with Gasteiger partial charge in [-0.1, -0.05) is 25.4 Å². The maximum absolute atomic E-state index is 11.7. The summed E-state index contributed by atoms with van der Waals surface area (Å²) in [6.45, 7) is 3.50. The van der Waals surface area contributed by atoms with Crippen molar-refractivity contribution in [1.82, 2.24) is 10.6 Å². The molecule has 1 aromatic rings. The third kappa shape index (κ3) is 8.21. The van der Waals surface area contributed by atoms with E-state index in [4.69, 9.17) is 16.7 Å². The predicted molar refractivity (Wildman–Crippen MR) is 94.2 cm³/mol. The highest BCUT2D eigenvalue weighted by Crippen LogP contribution is 2.19. The Balaban J connectivity index is 2.33. The van der Waals surface area contributed by atoms with Crippen LogP contribution in [0.2, 0.25) is 5.02 Å². The van der Waals surface area contributed by atoms with Crippen molar-refractivity contribution in [3.8, 4) is 0 Å². The van der Waals surface area contributed by atoms with Gasteiger partial charge in [-0.2, -0.15) is 0 Å². The van der Waals surface area contributed by atoms with Gasteiger partial charge in [-0.15, -0.1) is 11.8 Å². The van der Waals surface area contributed by atoms with E-state index in [1.54, 1.807) is 24.3 Å². The van der Waals surface area contributed by atoms with Crippen LogP contribution in [-0.4, -0.2) is 41.2 Å². The molecule has 1 aromatic carbocycles. The van der Waals surface area contributed by atoms with E-state index in [9.17, 15) is 14.4 Å². The molecule has 0 unspecified atom stereocenters. The van der Waals surface area contributed by atoms with Crippen molar-refractivity contribution in [1.29, 1.82) is 0 Å². The number of amides is 2. The summed E-state index contributed by atoms with van der Waals surface area (Å²) in [4.78, 5) is 35.4. The Morgan fingerprint density at radius 2 is 1.79 bits per heavy atom. The molecule has 0 saturated heterocycles.